The van der Waals surface area contributed by atoms with Crippen LogP contribution in [0.1, 0.15) is 2.85 Å². The van der Waals surface area contributed by atoms with Crippen LogP contribution in [0.5, 0.6) is 0 Å². The van der Waals surface area contributed by atoms with Gasteiger partial charge in [0.05, 0.1) is 6.26 Å². The van der Waals surface area contributed by atoms with Crippen molar-refractivity contribution >= 4 is 33.2 Å². The topological polar surface area (TPSA) is 54.4 Å². The molecule has 0 atom stereocenters. The third-order valence-corrected chi connectivity index (χ3v) is 0. The van der Waals surface area contributed by atoms with E-state index in [9.17, 15) is 8.42 Å². The summed E-state index contributed by atoms with van der Waals surface area (Å²) in [5, 5.41) is 0. The Morgan fingerprint density at radius 2 is 1.57 bits per heavy atom. The monoisotopic (exact) mass is 142 g/mol. The van der Waals surface area contributed by atoms with Crippen LogP contribution in [0, 0.1) is 0 Å². The molecule has 7 heavy (non-hydrogen) atoms. The van der Waals surface area contributed by atoms with Crippen molar-refractivity contribution in [1.82, 2.24) is 0 Å². The summed E-state index contributed by atoms with van der Waals surface area (Å²) in [5.74, 6) is 0. The van der Waals surface area contributed by atoms with Crippen LogP contribution in [0.15, 0.2) is 0 Å². The zero-order valence-corrected chi connectivity index (χ0v) is 6.02. The Hall–Kier alpha value is 0.606. The fourth-order valence-electron chi connectivity index (χ4n) is 0. The van der Waals surface area contributed by atoms with Crippen LogP contribution >= 0.6 is 0 Å². The van der Waals surface area contributed by atoms with E-state index in [4.69, 9.17) is 4.55 Å². The van der Waals surface area contributed by atoms with Crippen LogP contribution in [0.2, 0.25) is 0 Å². The Labute approximate surface area is 60.3 Å². The van der Waals surface area contributed by atoms with Gasteiger partial charge in [-0.15, -0.1) is 0 Å². The summed E-state index contributed by atoms with van der Waals surface area (Å²) in [5.41, 5.74) is 0. The molecule has 1 N–H and O–H groups in total. The van der Waals surface area contributed by atoms with Crippen molar-refractivity contribution in [1.29, 1.82) is 0 Å². The minimum absolute atomic E-state index is 0. The summed E-state index contributed by atoms with van der Waals surface area (Å²) in [6.07, 6.45) is 0.715. The van der Waals surface area contributed by atoms with Crippen LogP contribution in [-0.2, 0) is 10.1 Å². The third-order valence-electron chi connectivity index (χ3n) is 0. The Kier molecular flexibility index (Phi) is 10.6. The van der Waals surface area contributed by atoms with Gasteiger partial charge in [-0.3, -0.25) is 9.26 Å². The molecule has 0 heterocycles. The van der Waals surface area contributed by atoms with Crippen LogP contribution in [0.3, 0.4) is 0 Å². The molecule has 0 bridgehead atoms. The largest absolute Gasteiger partial charge is 2.00 e. The van der Waals surface area contributed by atoms with E-state index in [0.29, 0.717) is 6.26 Å². The van der Waals surface area contributed by atoms with Crippen LogP contribution in [-0.4, -0.2) is 42.3 Å². The zero-order chi connectivity index (χ0) is 4.50. The average Bonchev–Trinajstić information content (AvgIpc) is 0.722. The van der Waals surface area contributed by atoms with Gasteiger partial charge in [0.25, 0.3) is 10.1 Å². The standard InChI is InChI=1S/CH4O3S.FH.Mg.2H/c1-5(2,3)4;;;;/h1H3,(H,2,3,4);1H;;;/q;;+2;2*-1. The van der Waals surface area contributed by atoms with Crippen molar-refractivity contribution in [3.05, 3.63) is 0 Å². The maximum atomic E-state index is 9.19. The first-order valence-corrected chi connectivity index (χ1v) is 2.77. The number of hydrogen-bond donors (Lipinski definition) is 1. The van der Waals surface area contributed by atoms with Gasteiger partial charge in [-0.2, -0.15) is 8.42 Å². The molecule has 0 aliphatic rings. The van der Waals surface area contributed by atoms with Gasteiger partial charge in [0.2, 0.25) is 0 Å². The van der Waals surface area contributed by atoms with Crippen LogP contribution in [0.4, 0.5) is 4.70 Å². The first-order valence-electron chi connectivity index (χ1n) is 0.924. The van der Waals surface area contributed by atoms with E-state index in [0.717, 1.165) is 0 Å². The van der Waals surface area contributed by atoms with Crippen LogP contribution in [0.25, 0.3) is 0 Å². The molecule has 0 aromatic rings. The Morgan fingerprint density at radius 3 is 1.57 bits per heavy atom. The second kappa shape index (κ2) is 4.76. The summed E-state index contributed by atoms with van der Waals surface area (Å²) >= 11 is 0. The molecule has 0 aliphatic heterocycles. The molecule has 3 nitrogen and oxygen atoms in total. The summed E-state index contributed by atoms with van der Waals surface area (Å²) in [4.78, 5) is 0. The SMILES string of the molecule is CS(=O)(=O)O.F.[H-].[H-].[Mg+2]. The van der Waals surface area contributed by atoms with Crippen molar-refractivity contribution in [2.45, 2.75) is 0 Å². The van der Waals surface area contributed by atoms with E-state index in [-0.39, 0.29) is 30.6 Å². The number of rotatable bonds is 0. The quantitative estimate of drug-likeness (QED) is 0.366. The summed E-state index contributed by atoms with van der Waals surface area (Å²) < 4.78 is 25.9. The maximum Gasteiger partial charge on any atom is 2.00 e. The minimum Gasteiger partial charge on any atom is -1.00 e. The molecule has 0 aromatic heterocycles. The molecule has 0 aromatic carbocycles. The first kappa shape index (κ1) is 15.6. The van der Waals surface area contributed by atoms with Gasteiger partial charge in [0, 0.05) is 0 Å². The zero-order valence-electron chi connectivity index (χ0n) is 5.79. The third kappa shape index (κ3) is 381. The van der Waals surface area contributed by atoms with Gasteiger partial charge in [-0.25, -0.2) is 0 Å². The van der Waals surface area contributed by atoms with Crippen molar-refractivity contribution in [3.63, 3.8) is 0 Å². The Morgan fingerprint density at radius 1 is 1.57 bits per heavy atom. The molecule has 0 saturated heterocycles. The molecule has 0 rings (SSSR count). The molecule has 6 heteroatoms. The van der Waals surface area contributed by atoms with Gasteiger partial charge < -0.3 is 2.85 Å². The molecule has 0 radical (unpaired) electrons. The molecule has 0 saturated carbocycles. The van der Waals surface area contributed by atoms with Gasteiger partial charge in [0.1, 0.15) is 0 Å². The molecule has 0 fully saturated rings. The summed E-state index contributed by atoms with van der Waals surface area (Å²) in [6, 6.07) is 0. The second-order valence-electron chi connectivity index (χ2n) is 0.733. The fourth-order valence-corrected chi connectivity index (χ4v) is 0. The molecule has 0 unspecified atom stereocenters. The molecular formula is CH7FMgO3S. The predicted molar refractivity (Wildman–Crippen MR) is 28.0 cm³/mol. The Balaban J connectivity index is -0.0000000133. The second-order valence-corrected chi connectivity index (χ2v) is 2.20. The van der Waals surface area contributed by atoms with Crippen molar-refractivity contribution < 1.29 is 20.5 Å². The molecular weight excluding hydrogens is 135 g/mol. The van der Waals surface area contributed by atoms with E-state index in [1.807, 2.05) is 0 Å². The fraction of sp³-hybridized carbons (Fsp3) is 1.00. The van der Waals surface area contributed by atoms with Crippen molar-refractivity contribution in [2.75, 3.05) is 6.26 Å². The number of hydrogen-bond acceptors (Lipinski definition) is 2. The van der Waals surface area contributed by atoms with E-state index in [1.165, 1.54) is 0 Å². The minimum atomic E-state index is -3.67. The maximum absolute atomic E-state index is 9.19. The van der Waals surface area contributed by atoms with E-state index in [2.05, 4.69) is 0 Å². The summed E-state index contributed by atoms with van der Waals surface area (Å²) in [6.45, 7) is 0. The summed E-state index contributed by atoms with van der Waals surface area (Å²) in [7, 11) is -3.67. The normalized spacial score (nSPS) is 8.29. The molecule has 0 amide bonds. The van der Waals surface area contributed by atoms with Crippen LogP contribution < -0.4 is 0 Å². The van der Waals surface area contributed by atoms with Gasteiger partial charge in [-0.05, 0) is 0 Å². The van der Waals surface area contributed by atoms with E-state index >= 15 is 0 Å². The van der Waals surface area contributed by atoms with Gasteiger partial charge in [0.15, 0.2) is 0 Å². The Bertz CT molecular complexity index is 105. The average molecular weight is 142 g/mol. The first-order chi connectivity index (χ1) is 2.00. The van der Waals surface area contributed by atoms with E-state index in [1.54, 1.807) is 0 Å². The predicted octanol–water partition coefficient (Wildman–Crippen LogP) is -0.499. The smallest absolute Gasteiger partial charge is 1.00 e. The van der Waals surface area contributed by atoms with Gasteiger partial charge in [-0.1, -0.05) is 0 Å². The van der Waals surface area contributed by atoms with Gasteiger partial charge >= 0.3 is 23.1 Å². The van der Waals surface area contributed by atoms with Crippen molar-refractivity contribution in [2.24, 2.45) is 0 Å². The molecule has 44 valence electrons. The molecule has 0 spiro atoms. The van der Waals surface area contributed by atoms with E-state index < -0.39 is 10.1 Å². The molecule has 0 aliphatic carbocycles. The number of halogens is 1. The van der Waals surface area contributed by atoms with Crippen molar-refractivity contribution in [3.8, 4) is 0 Å².